The quantitative estimate of drug-likeness (QED) is 0.359. The predicted molar refractivity (Wildman–Crippen MR) is 110 cm³/mol. The summed E-state index contributed by atoms with van der Waals surface area (Å²) in [5.74, 6) is -2.48. The maximum atomic E-state index is 14.3. The second-order valence-corrected chi connectivity index (χ2v) is 8.56. The summed E-state index contributed by atoms with van der Waals surface area (Å²) in [6.07, 6.45) is 0.0467. The molecular formula is C20H20FN3O7S. The van der Waals surface area contributed by atoms with Gasteiger partial charge in [-0.25, -0.2) is 17.6 Å². The van der Waals surface area contributed by atoms with E-state index in [2.05, 4.69) is 10.0 Å². The summed E-state index contributed by atoms with van der Waals surface area (Å²) >= 11 is 0. The zero-order valence-corrected chi connectivity index (χ0v) is 17.5. The Bertz CT molecular complexity index is 1140. The highest BCUT2D eigenvalue weighted by atomic mass is 32.2. The molecule has 0 saturated carbocycles. The molecule has 1 saturated heterocycles. The van der Waals surface area contributed by atoms with Gasteiger partial charge in [-0.05, 0) is 42.3 Å². The molecule has 0 unspecified atom stereocenters. The molecular weight excluding hydrogens is 445 g/mol. The Kier molecular flexibility index (Phi) is 6.93. The summed E-state index contributed by atoms with van der Waals surface area (Å²) in [7, 11) is -4.14. The molecule has 0 atom stereocenters. The van der Waals surface area contributed by atoms with Crippen LogP contribution in [0.1, 0.15) is 18.4 Å². The molecule has 3 N–H and O–H groups in total. The SMILES string of the molecule is O=C(O)CCCOc1ccc(S(=O)(=O)Nc2cccc(CN3C(=O)CNC3=O)c2)cc1F. The minimum Gasteiger partial charge on any atom is -0.491 e. The highest BCUT2D eigenvalue weighted by Gasteiger charge is 2.28. The number of carboxylic acid groups (broad SMARTS) is 1. The van der Waals surface area contributed by atoms with Gasteiger partial charge in [0.15, 0.2) is 11.6 Å². The number of nitrogens with one attached hydrogen (secondary N) is 2. The maximum absolute atomic E-state index is 14.3. The number of anilines is 1. The van der Waals surface area contributed by atoms with Crippen molar-refractivity contribution in [2.24, 2.45) is 0 Å². The van der Waals surface area contributed by atoms with Gasteiger partial charge in [0.2, 0.25) is 5.91 Å². The van der Waals surface area contributed by atoms with Crippen LogP contribution in [0.4, 0.5) is 14.9 Å². The van der Waals surface area contributed by atoms with Crippen molar-refractivity contribution in [3.63, 3.8) is 0 Å². The first-order valence-electron chi connectivity index (χ1n) is 9.50. The zero-order chi connectivity index (χ0) is 23.3. The summed E-state index contributed by atoms with van der Waals surface area (Å²) in [5.41, 5.74) is 0.691. The van der Waals surface area contributed by atoms with Crippen LogP contribution < -0.4 is 14.8 Å². The fourth-order valence-corrected chi connectivity index (χ4v) is 3.98. The highest BCUT2D eigenvalue weighted by Crippen LogP contribution is 2.24. The Labute approximate surface area is 183 Å². The number of ether oxygens (including phenoxy) is 1. The van der Waals surface area contributed by atoms with Crippen LogP contribution in [0.25, 0.3) is 0 Å². The lowest BCUT2D eigenvalue weighted by molar-refractivity contribution is -0.137. The van der Waals surface area contributed by atoms with Crippen LogP contribution in [-0.2, 0) is 26.2 Å². The van der Waals surface area contributed by atoms with Crippen molar-refractivity contribution in [2.75, 3.05) is 17.9 Å². The van der Waals surface area contributed by atoms with Gasteiger partial charge in [-0.3, -0.25) is 19.2 Å². The van der Waals surface area contributed by atoms with Crippen LogP contribution in [0.3, 0.4) is 0 Å². The number of rotatable bonds is 10. The first kappa shape index (κ1) is 23.0. The number of carbonyl (C=O) groups excluding carboxylic acids is 2. The summed E-state index contributed by atoms with van der Waals surface area (Å²) in [5, 5.41) is 11.0. The molecule has 12 heteroatoms. The Morgan fingerprint density at radius 3 is 2.66 bits per heavy atom. The number of amides is 3. The van der Waals surface area contributed by atoms with Gasteiger partial charge in [0.1, 0.15) is 0 Å². The summed E-state index contributed by atoms with van der Waals surface area (Å²) in [6, 6.07) is 8.71. The van der Waals surface area contributed by atoms with Gasteiger partial charge in [-0.15, -0.1) is 0 Å². The van der Waals surface area contributed by atoms with E-state index in [0.717, 1.165) is 23.1 Å². The first-order valence-corrected chi connectivity index (χ1v) is 11.0. The smallest absolute Gasteiger partial charge is 0.324 e. The van der Waals surface area contributed by atoms with E-state index >= 15 is 0 Å². The monoisotopic (exact) mass is 465 g/mol. The third-order valence-electron chi connectivity index (χ3n) is 4.46. The van der Waals surface area contributed by atoms with E-state index in [-0.39, 0.29) is 54.8 Å². The number of sulfonamides is 1. The lowest BCUT2D eigenvalue weighted by Gasteiger charge is -2.14. The average Bonchev–Trinajstić information content (AvgIpc) is 3.04. The standard InChI is InChI=1S/C20H20FN3O7S/c21-16-10-15(6-7-17(16)31-8-2-5-19(26)27)32(29,30)23-14-4-1-3-13(9-14)12-24-18(25)11-22-20(24)28/h1,3-4,6-7,9-10,23H,2,5,8,11-12H2,(H,22,28)(H,26,27). The van der Waals surface area contributed by atoms with Crippen molar-refractivity contribution in [1.29, 1.82) is 0 Å². The summed E-state index contributed by atoms with van der Waals surface area (Å²) in [4.78, 5) is 34.5. The van der Waals surface area contributed by atoms with Gasteiger partial charge >= 0.3 is 12.0 Å². The summed E-state index contributed by atoms with van der Waals surface area (Å²) < 4.78 is 47.0. The molecule has 0 aliphatic carbocycles. The predicted octanol–water partition coefficient (Wildman–Crippen LogP) is 1.92. The number of hydrogen-bond donors (Lipinski definition) is 3. The number of aliphatic carboxylic acids is 1. The normalized spacial score (nSPS) is 13.7. The van der Waals surface area contributed by atoms with E-state index in [0.29, 0.717) is 5.56 Å². The lowest BCUT2D eigenvalue weighted by atomic mass is 10.2. The third-order valence-corrected chi connectivity index (χ3v) is 5.84. The average molecular weight is 465 g/mol. The zero-order valence-electron chi connectivity index (χ0n) is 16.7. The van der Waals surface area contributed by atoms with Crippen molar-refractivity contribution in [3.8, 4) is 5.75 Å². The molecule has 0 bridgehead atoms. The number of benzene rings is 2. The van der Waals surface area contributed by atoms with Crippen LogP contribution in [0.15, 0.2) is 47.4 Å². The molecule has 1 heterocycles. The third kappa shape index (κ3) is 5.72. The minimum atomic E-state index is -4.14. The Morgan fingerprint density at radius 1 is 1.22 bits per heavy atom. The van der Waals surface area contributed by atoms with Gasteiger partial charge < -0.3 is 15.2 Å². The van der Waals surface area contributed by atoms with Crippen LogP contribution in [-0.4, -0.2) is 49.5 Å². The summed E-state index contributed by atoms with van der Waals surface area (Å²) in [6.45, 7) is -0.142. The molecule has 10 nitrogen and oxygen atoms in total. The molecule has 1 aliphatic heterocycles. The van der Waals surface area contributed by atoms with Crippen molar-refractivity contribution in [1.82, 2.24) is 10.2 Å². The second kappa shape index (κ2) is 9.64. The van der Waals surface area contributed by atoms with Gasteiger partial charge in [-0.1, -0.05) is 12.1 Å². The van der Waals surface area contributed by atoms with Gasteiger partial charge in [0, 0.05) is 12.1 Å². The van der Waals surface area contributed by atoms with E-state index < -0.39 is 27.8 Å². The van der Waals surface area contributed by atoms with E-state index in [1.165, 1.54) is 12.1 Å². The van der Waals surface area contributed by atoms with Crippen LogP contribution >= 0.6 is 0 Å². The molecule has 0 aromatic heterocycles. The molecule has 3 amide bonds. The lowest BCUT2D eigenvalue weighted by Crippen LogP contribution is -2.30. The Morgan fingerprint density at radius 2 is 2.00 bits per heavy atom. The van der Waals surface area contributed by atoms with Crippen molar-refractivity contribution >= 4 is 33.6 Å². The Balaban J connectivity index is 1.68. The van der Waals surface area contributed by atoms with Gasteiger partial charge in [-0.2, -0.15) is 0 Å². The number of carboxylic acids is 1. The van der Waals surface area contributed by atoms with Crippen molar-refractivity contribution in [2.45, 2.75) is 24.3 Å². The maximum Gasteiger partial charge on any atom is 0.324 e. The number of nitrogens with zero attached hydrogens (tertiary/aromatic N) is 1. The molecule has 3 rings (SSSR count). The molecule has 32 heavy (non-hydrogen) atoms. The number of hydrogen-bond acceptors (Lipinski definition) is 6. The fraction of sp³-hybridized carbons (Fsp3) is 0.250. The van der Waals surface area contributed by atoms with Crippen LogP contribution in [0.5, 0.6) is 5.75 Å². The van der Waals surface area contributed by atoms with Crippen molar-refractivity contribution < 1.29 is 37.0 Å². The Hall–Kier alpha value is -3.67. The van der Waals surface area contributed by atoms with Crippen molar-refractivity contribution in [3.05, 3.63) is 53.8 Å². The van der Waals surface area contributed by atoms with E-state index in [4.69, 9.17) is 9.84 Å². The molecule has 2 aromatic carbocycles. The molecule has 0 spiro atoms. The van der Waals surface area contributed by atoms with E-state index in [1.54, 1.807) is 12.1 Å². The number of urea groups is 1. The fourth-order valence-electron chi connectivity index (χ4n) is 2.92. The van der Waals surface area contributed by atoms with Gasteiger partial charge in [0.05, 0.1) is 24.6 Å². The molecule has 170 valence electrons. The molecule has 1 fully saturated rings. The molecule has 0 radical (unpaired) electrons. The van der Waals surface area contributed by atoms with Crippen LogP contribution in [0, 0.1) is 5.82 Å². The van der Waals surface area contributed by atoms with Gasteiger partial charge in [0.25, 0.3) is 10.0 Å². The number of imide groups is 1. The number of halogens is 1. The largest absolute Gasteiger partial charge is 0.491 e. The molecule has 2 aromatic rings. The van der Waals surface area contributed by atoms with E-state index in [9.17, 15) is 27.2 Å². The molecule has 1 aliphatic rings. The van der Waals surface area contributed by atoms with Crippen LogP contribution in [0.2, 0.25) is 0 Å². The second-order valence-electron chi connectivity index (χ2n) is 6.88. The minimum absolute atomic E-state index is 0.0250. The van der Waals surface area contributed by atoms with E-state index in [1.807, 2.05) is 0 Å². The topological polar surface area (TPSA) is 142 Å². The number of carbonyl (C=O) groups is 3. The first-order chi connectivity index (χ1) is 15.2. The highest BCUT2D eigenvalue weighted by molar-refractivity contribution is 7.92.